The van der Waals surface area contributed by atoms with Crippen LogP contribution >= 0.6 is 0 Å². The van der Waals surface area contributed by atoms with Gasteiger partial charge in [0, 0.05) is 24.1 Å². The smallest absolute Gasteiger partial charge is 0.223 e. The number of halogens is 2. The van der Waals surface area contributed by atoms with E-state index < -0.39 is 11.6 Å². The van der Waals surface area contributed by atoms with Crippen LogP contribution in [0.3, 0.4) is 0 Å². The molecule has 0 aliphatic carbocycles. The number of hydrogen-bond donors (Lipinski definition) is 1. The van der Waals surface area contributed by atoms with Crippen molar-refractivity contribution in [1.29, 1.82) is 0 Å². The molecule has 1 N–H and O–H groups in total. The Bertz CT molecular complexity index is 389. The van der Waals surface area contributed by atoms with Crippen LogP contribution in [0.2, 0.25) is 0 Å². The molecule has 1 rings (SSSR count). The third-order valence-electron chi connectivity index (χ3n) is 2.82. The van der Waals surface area contributed by atoms with E-state index in [4.69, 9.17) is 0 Å². The summed E-state index contributed by atoms with van der Waals surface area (Å²) in [6.07, 6.45) is 1.52. The number of nitrogens with one attached hydrogen (secondary N) is 1. The number of amides is 1. The highest BCUT2D eigenvalue weighted by molar-refractivity contribution is 5.78. The summed E-state index contributed by atoms with van der Waals surface area (Å²) in [6.45, 7) is 3.97. The predicted octanol–water partition coefficient (Wildman–Crippen LogP) is 3.02. The zero-order valence-electron chi connectivity index (χ0n) is 10.1. The van der Waals surface area contributed by atoms with Gasteiger partial charge in [0.15, 0.2) is 0 Å². The monoisotopic (exact) mass is 241 g/mol. The molecule has 0 radical (unpaired) electrons. The van der Waals surface area contributed by atoms with Gasteiger partial charge in [0.1, 0.15) is 11.6 Å². The highest BCUT2D eigenvalue weighted by Gasteiger charge is 2.14. The summed E-state index contributed by atoms with van der Waals surface area (Å²) in [5.74, 6) is -1.37. The predicted molar refractivity (Wildman–Crippen MR) is 62.3 cm³/mol. The van der Waals surface area contributed by atoms with Crippen LogP contribution in [0, 0.1) is 17.6 Å². The van der Waals surface area contributed by atoms with E-state index in [1.165, 1.54) is 12.1 Å². The van der Waals surface area contributed by atoms with Gasteiger partial charge in [0.05, 0.1) is 0 Å². The van der Waals surface area contributed by atoms with Gasteiger partial charge in [-0.1, -0.05) is 19.9 Å². The van der Waals surface area contributed by atoms with Crippen LogP contribution in [0.15, 0.2) is 18.2 Å². The van der Waals surface area contributed by atoms with Gasteiger partial charge in [0.25, 0.3) is 0 Å². The largest absolute Gasteiger partial charge is 0.352 e. The summed E-state index contributed by atoms with van der Waals surface area (Å²) in [7, 11) is 0. The lowest BCUT2D eigenvalue weighted by molar-refractivity contribution is -0.125. The second-order valence-electron chi connectivity index (χ2n) is 3.97. The van der Waals surface area contributed by atoms with E-state index in [1.807, 2.05) is 13.8 Å². The van der Waals surface area contributed by atoms with E-state index in [-0.39, 0.29) is 18.4 Å². The maximum atomic E-state index is 13.3. The van der Waals surface area contributed by atoms with Gasteiger partial charge in [-0.3, -0.25) is 4.79 Å². The Labute approximate surface area is 100 Å². The van der Waals surface area contributed by atoms with Crippen molar-refractivity contribution in [1.82, 2.24) is 5.32 Å². The Kier molecular flexibility index (Phi) is 5.07. The molecule has 0 fully saturated rings. The number of benzene rings is 1. The first-order chi connectivity index (χ1) is 8.08. The first kappa shape index (κ1) is 13.6. The van der Waals surface area contributed by atoms with Crippen LogP contribution in [-0.2, 0) is 11.3 Å². The molecule has 0 aromatic heterocycles. The van der Waals surface area contributed by atoms with E-state index in [0.29, 0.717) is 5.56 Å². The van der Waals surface area contributed by atoms with Crippen LogP contribution in [0.1, 0.15) is 32.3 Å². The van der Waals surface area contributed by atoms with Crippen molar-refractivity contribution in [3.8, 4) is 0 Å². The highest BCUT2D eigenvalue weighted by atomic mass is 19.1. The van der Waals surface area contributed by atoms with Gasteiger partial charge in [-0.25, -0.2) is 8.78 Å². The summed E-state index contributed by atoms with van der Waals surface area (Å²) in [5, 5.41) is 2.66. The SMILES string of the molecule is CCC(CC)C(=O)NCc1ccc(F)cc1F. The lowest BCUT2D eigenvalue weighted by Gasteiger charge is -2.13. The number of rotatable bonds is 5. The molecular weight excluding hydrogens is 224 g/mol. The number of carbonyl (C=O) groups excluding carboxylic acids is 1. The molecule has 0 atom stereocenters. The Balaban J connectivity index is 2.58. The van der Waals surface area contributed by atoms with Gasteiger partial charge in [-0.2, -0.15) is 0 Å². The first-order valence-electron chi connectivity index (χ1n) is 5.80. The quantitative estimate of drug-likeness (QED) is 0.843. The Hall–Kier alpha value is -1.45. The van der Waals surface area contributed by atoms with Gasteiger partial charge < -0.3 is 5.32 Å². The molecular formula is C13H17F2NO. The average Bonchev–Trinajstić information content (AvgIpc) is 2.29. The minimum Gasteiger partial charge on any atom is -0.352 e. The third kappa shape index (κ3) is 3.80. The molecule has 0 bridgehead atoms. The molecule has 2 nitrogen and oxygen atoms in total. The van der Waals surface area contributed by atoms with Gasteiger partial charge in [0.2, 0.25) is 5.91 Å². The van der Waals surface area contributed by atoms with Crippen molar-refractivity contribution >= 4 is 5.91 Å². The Morgan fingerprint density at radius 3 is 2.47 bits per heavy atom. The normalized spacial score (nSPS) is 10.6. The molecule has 1 amide bonds. The van der Waals surface area contributed by atoms with Crippen molar-refractivity contribution in [3.63, 3.8) is 0 Å². The fourth-order valence-electron chi connectivity index (χ4n) is 1.65. The standard InChI is InChI=1S/C13H17F2NO/c1-3-9(4-2)13(17)16-8-10-5-6-11(14)7-12(10)15/h5-7,9H,3-4,8H2,1-2H3,(H,16,17). The maximum absolute atomic E-state index is 13.3. The van der Waals surface area contributed by atoms with E-state index in [0.717, 1.165) is 18.9 Å². The molecule has 0 aliphatic rings. The molecule has 0 saturated heterocycles. The molecule has 0 unspecified atom stereocenters. The minimum atomic E-state index is -0.630. The molecule has 17 heavy (non-hydrogen) atoms. The van der Waals surface area contributed by atoms with Crippen molar-refractivity contribution in [3.05, 3.63) is 35.4 Å². The molecule has 1 aromatic carbocycles. The fourth-order valence-corrected chi connectivity index (χ4v) is 1.65. The Morgan fingerprint density at radius 1 is 1.29 bits per heavy atom. The van der Waals surface area contributed by atoms with E-state index in [1.54, 1.807) is 0 Å². The fraction of sp³-hybridized carbons (Fsp3) is 0.462. The molecule has 94 valence electrons. The van der Waals surface area contributed by atoms with Crippen molar-refractivity contribution in [2.45, 2.75) is 33.2 Å². The molecule has 4 heteroatoms. The van der Waals surface area contributed by atoms with E-state index in [2.05, 4.69) is 5.32 Å². The van der Waals surface area contributed by atoms with Crippen LogP contribution in [0.4, 0.5) is 8.78 Å². The number of hydrogen-bond acceptors (Lipinski definition) is 1. The van der Waals surface area contributed by atoms with Crippen molar-refractivity contribution in [2.75, 3.05) is 0 Å². The zero-order valence-corrected chi connectivity index (χ0v) is 10.1. The maximum Gasteiger partial charge on any atom is 0.223 e. The van der Waals surface area contributed by atoms with Gasteiger partial charge >= 0.3 is 0 Å². The number of carbonyl (C=O) groups is 1. The van der Waals surface area contributed by atoms with Crippen molar-refractivity contribution in [2.24, 2.45) is 5.92 Å². The zero-order chi connectivity index (χ0) is 12.8. The lowest BCUT2D eigenvalue weighted by Crippen LogP contribution is -2.29. The van der Waals surface area contributed by atoms with E-state index in [9.17, 15) is 13.6 Å². The molecule has 0 spiro atoms. The Morgan fingerprint density at radius 2 is 1.94 bits per heavy atom. The summed E-state index contributed by atoms with van der Waals surface area (Å²) in [5.41, 5.74) is 0.297. The minimum absolute atomic E-state index is 0.0430. The van der Waals surface area contributed by atoms with Gasteiger partial charge in [-0.05, 0) is 18.9 Å². The lowest BCUT2D eigenvalue weighted by atomic mass is 10.0. The van der Waals surface area contributed by atoms with Crippen LogP contribution in [-0.4, -0.2) is 5.91 Å². The summed E-state index contributed by atoms with van der Waals surface area (Å²) in [6, 6.07) is 3.35. The summed E-state index contributed by atoms with van der Waals surface area (Å²) in [4.78, 5) is 11.6. The van der Waals surface area contributed by atoms with Crippen LogP contribution < -0.4 is 5.32 Å². The molecule has 0 heterocycles. The average molecular weight is 241 g/mol. The first-order valence-corrected chi connectivity index (χ1v) is 5.80. The van der Waals surface area contributed by atoms with Crippen molar-refractivity contribution < 1.29 is 13.6 Å². The van der Waals surface area contributed by atoms with E-state index >= 15 is 0 Å². The highest BCUT2D eigenvalue weighted by Crippen LogP contribution is 2.11. The third-order valence-corrected chi connectivity index (χ3v) is 2.82. The topological polar surface area (TPSA) is 29.1 Å². The van der Waals surface area contributed by atoms with Gasteiger partial charge in [-0.15, -0.1) is 0 Å². The molecule has 0 saturated carbocycles. The van der Waals surface area contributed by atoms with Crippen LogP contribution in [0.25, 0.3) is 0 Å². The second-order valence-corrected chi connectivity index (χ2v) is 3.97. The summed E-state index contributed by atoms with van der Waals surface area (Å²) < 4.78 is 25.9. The second kappa shape index (κ2) is 6.33. The molecule has 0 aliphatic heterocycles. The molecule has 1 aromatic rings. The van der Waals surface area contributed by atoms with Crippen LogP contribution in [0.5, 0.6) is 0 Å². The summed E-state index contributed by atoms with van der Waals surface area (Å²) >= 11 is 0.